The maximum atomic E-state index is 11.4. The summed E-state index contributed by atoms with van der Waals surface area (Å²) in [6, 6.07) is 10.9. The fourth-order valence-electron chi connectivity index (χ4n) is 1.77. The van der Waals surface area contributed by atoms with Crippen LogP contribution < -0.4 is 5.73 Å². The molecule has 3 aromatic rings. The van der Waals surface area contributed by atoms with Crippen molar-refractivity contribution in [3.8, 4) is 10.6 Å². The molecule has 0 aliphatic heterocycles. The zero-order valence-electron chi connectivity index (χ0n) is 9.74. The molecule has 3 rings (SSSR count). The van der Waals surface area contributed by atoms with Crippen molar-refractivity contribution in [2.45, 2.75) is 0 Å². The van der Waals surface area contributed by atoms with Gasteiger partial charge in [0.05, 0.1) is 0 Å². The van der Waals surface area contributed by atoms with E-state index in [0.29, 0.717) is 5.56 Å². The Hall–Kier alpha value is -1.98. The largest absolute Gasteiger partial charge is 0.366 e. The van der Waals surface area contributed by atoms with Crippen LogP contribution in [0, 0.1) is 0 Å². The van der Waals surface area contributed by atoms with Crippen molar-refractivity contribution in [2.75, 3.05) is 0 Å². The molecule has 1 amide bonds. The van der Waals surface area contributed by atoms with E-state index < -0.39 is 5.91 Å². The van der Waals surface area contributed by atoms with Crippen molar-refractivity contribution < 1.29 is 4.79 Å². The molecule has 2 aromatic heterocycles. The molecule has 0 saturated heterocycles. The summed E-state index contributed by atoms with van der Waals surface area (Å²) >= 11 is 1.45. The highest BCUT2D eigenvalue weighted by atomic mass is 35.5. The Morgan fingerprint density at radius 3 is 2.68 bits per heavy atom. The maximum Gasteiger partial charge on any atom is 0.249 e. The summed E-state index contributed by atoms with van der Waals surface area (Å²) in [5.74, 6) is -0.446. The highest BCUT2D eigenvalue weighted by Crippen LogP contribution is 2.30. The van der Waals surface area contributed by atoms with Crippen LogP contribution in [0.1, 0.15) is 10.4 Å². The number of carbonyl (C=O) groups excluding carboxylic acids is 1. The first kappa shape index (κ1) is 13.5. The van der Waals surface area contributed by atoms with E-state index in [1.165, 1.54) is 11.3 Å². The van der Waals surface area contributed by atoms with E-state index in [1.807, 2.05) is 24.3 Å². The number of thiazole rings is 1. The first-order valence-electron chi connectivity index (χ1n) is 5.36. The fraction of sp³-hybridized carbons (Fsp3) is 0. The summed E-state index contributed by atoms with van der Waals surface area (Å²) < 4.78 is 0. The highest BCUT2D eigenvalue weighted by Gasteiger charge is 2.13. The number of pyridine rings is 1. The average Bonchev–Trinajstić information content (AvgIpc) is 2.82. The van der Waals surface area contributed by atoms with Gasteiger partial charge in [0.15, 0.2) is 0 Å². The normalized spacial score (nSPS) is 10.1. The van der Waals surface area contributed by atoms with Gasteiger partial charge in [-0.2, -0.15) is 0 Å². The van der Waals surface area contributed by atoms with E-state index >= 15 is 0 Å². The first-order chi connectivity index (χ1) is 8.75. The van der Waals surface area contributed by atoms with Gasteiger partial charge in [-0.3, -0.25) is 4.79 Å². The van der Waals surface area contributed by atoms with E-state index in [-0.39, 0.29) is 12.4 Å². The number of nitrogens with zero attached hydrogens (tertiary/aromatic N) is 2. The van der Waals surface area contributed by atoms with Crippen LogP contribution in [0.2, 0.25) is 0 Å². The number of rotatable bonds is 2. The lowest BCUT2D eigenvalue weighted by molar-refractivity contribution is 0.100. The Kier molecular flexibility index (Phi) is 3.78. The van der Waals surface area contributed by atoms with E-state index in [0.717, 1.165) is 20.9 Å². The molecule has 96 valence electrons. The van der Waals surface area contributed by atoms with Crippen molar-refractivity contribution in [1.29, 1.82) is 0 Å². The van der Waals surface area contributed by atoms with Crippen molar-refractivity contribution in [3.63, 3.8) is 0 Å². The summed E-state index contributed by atoms with van der Waals surface area (Å²) in [6.07, 6.45) is 1.73. The van der Waals surface area contributed by atoms with E-state index in [4.69, 9.17) is 5.73 Å². The third-order valence-corrected chi connectivity index (χ3v) is 3.60. The molecule has 2 N–H and O–H groups in total. The van der Waals surface area contributed by atoms with Gasteiger partial charge in [-0.05, 0) is 18.2 Å². The fourth-order valence-corrected chi connectivity index (χ4v) is 2.72. The smallest absolute Gasteiger partial charge is 0.249 e. The molecule has 6 heteroatoms. The minimum atomic E-state index is -0.446. The topological polar surface area (TPSA) is 68.9 Å². The zero-order valence-corrected chi connectivity index (χ0v) is 11.4. The van der Waals surface area contributed by atoms with Crippen molar-refractivity contribution >= 4 is 40.0 Å². The SMILES string of the molecule is Cl.NC(=O)c1ccccc1-c1nc2cccnc2s1. The quantitative estimate of drug-likeness (QED) is 0.789. The van der Waals surface area contributed by atoms with Gasteiger partial charge in [-0.15, -0.1) is 12.4 Å². The molecule has 0 saturated carbocycles. The van der Waals surface area contributed by atoms with Crippen molar-refractivity contribution in [2.24, 2.45) is 5.73 Å². The number of aromatic nitrogens is 2. The second-order valence-electron chi connectivity index (χ2n) is 3.76. The predicted octanol–water partition coefficient (Wildman–Crippen LogP) is 2.88. The first-order valence-corrected chi connectivity index (χ1v) is 6.18. The molecule has 4 nitrogen and oxygen atoms in total. The van der Waals surface area contributed by atoms with Crippen LogP contribution >= 0.6 is 23.7 Å². The minimum Gasteiger partial charge on any atom is -0.366 e. The molecule has 0 radical (unpaired) electrons. The number of hydrogen-bond donors (Lipinski definition) is 1. The van der Waals surface area contributed by atoms with Gasteiger partial charge in [0.2, 0.25) is 5.91 Å². The van der Waals surface area contributed by atoms with Crippen LogP contribution in [0.5, 0.6) is 0 Å². The molecular formula is C13H10ClN3OS. The summed E-state index contributed by atoms with van der Waals surface area (Å²) in [7, 11) is 0. The highest BCUT2D eigenvalue weighted by molar-refractivity contribution is 7.21. The van der Waals surface area contributed by atoms with E-state index in [1.54, 1.807) is 18.3 Å². The Morgan fingerprint density at radius 2 is 1.95 bits per heavy atom. The Labute approximate surface area is 119 Å². The van der Waals surface area contributed by atoms with Crippen LogP contribution in [-0.4, -0.2) is 15.9 Å². The van der Waals surface area contributed by atoms with Crippen LogP contribution in [0.4, 0.5) is 0 Å². The standard InChI is InChI=1S/C13H9N3OS.ClH/c14-11(17)8-4-1-2-5-9(8)12-16-10-6-3-7-15-13(10)18-12;/h1-7H,(H2,14,17);1H. The van der Waals surface area contributed by atoms with Crippen LogP contribution in [-0.2, 0) is 0 Å². The molecule has 0 aliphatic carbocycles. The van der Waals surface area contributed by atoms with Crippen molar-refractivity contribution in [1.82, 2.24) is 9.97 Å². The molecule has 0 fully saturated rings. The molecule has 0 bridgehead atoms. The Balaban J connectivity index is 0.00000133. The van der Waals surface area contributed by atoms with Crippen LogP contribution in [0.3, 0.4) is 0 Å². The number of hydrogen-bond acceptors (Lipinski definition) is 4. The van der Waals surface area contributed by atoms with E-state index in [9.17, 15) is 4.79 Å². The van der Waals surface area contributed by atoms with Gasteiger partial charge < -0.3 is 5.73 Å². The third kappa shape index (κ3) is 2.43. The van der Waals surface area contributed by atoms with Crippen LogP contribution in [0.25, 0.3) is 20.9 Å². The molecule has 1 aromatic carbocycles. The zero-order chi connectivity index (χ0) is 12.5. The second kappa shape index (κ2) is 5.34. The number of primary amides is 1. The number of amides is 1. The summed E-state index contributed by atoms with van der Waals surface area (Å²) in [6.45, 7) is 0. The second-order valence-corrected chi connectivity index (χ2v) is 4.73. The summed E-state index contributed by atoms with van der Waals surface area (Å²) in [5.41, 5.74) is 7.44. The lowest BCUT2D eigenvalue weighted by atomic mass is 10.1. The van der Waals surface area contributed by atoms with Gasteiger partial charge in [-0.1, -0.05) is 29.5 Å². The monoisotopic (exact) mass is 291 g/mol. The van der Waals surface area contributed by atoms with Gasteiger partial charge in [0.25, 0.3) is 0 Å². The number of benzene rings is 1. The average molecular weight is 292 g/mol. The molecule has 0 unspecified atom stereocenters. The predicted molar refractivity (Wildman–Crippen MR) is 78.6 cm³/mol. The van der Waals surface area contributed by atoms with Gasteiger partial charge >= 0.3 is 0 Å². The Morgan fingerprint density at radius 1 is 1.16 bits per heavy atom. The minimum absolute atomic E-state index is 0. The third-order valence-electron chi connectivity index (χ3n) is 2.59. The van der Waals surface area contributed by atoms with E-state index in [2.05, 4.69) is 9.97 Å². The molecule has 0 spiro atoms. The lowest BCUT2D eigenvalue weighted by Gasteiger charge is -2.01. The molecule has 0 aliphatic rings. The number of nitrogens with two attached hydrogens (primary N) is 1. The van der Waals surface area contributed by atoms with Crippen LogP contribution in [0.15, 0.2) is 42.6 Å². The maximum absolute atomic E-state index is 11.4. The van der Waals surface area contributed by atoms with Crippen molar-refractivity contribution in [3.05, 3.63) is 48.2 Å². The molecule has 2 heterocycles. The number of carbonyl (C=O) groups is 1. The van der Waals surface area contributed by atoms with Gasteiger partial charge in [0.1, 0.15) is 15.4 Å². The number of halogens is 1. The number of fused-ring (bicyclic) bond motifs is 1. The summed E-state index contributed by atoms with van der Waals surface area (Å²) in [4.78, 5) is 21.0. The molecule has 0 atom stereocenters. The molecular weight excluding hydrogens is 282 g/mol. The Bertz CT molecular complexity index is 708. The van der Waals surface area contributed by atoms with Gasteiger partial charge in [-0.25, -0.2) is 9.97 Å². The molecule has 19 heavy (non-hydrogen) atoms. The lowest BCUT2D eigenvalue weighted by Crippen LogP contribution is -2.12. The summed E-state index contributed by atoms with van der Waals surface area (Å²) in [5, 5.41) is 0.762. The van der Waals surface area contributed by atoms with Gasteiger partial charge in [0, 0.05) is 17.3 Å².